The van der Waals surface area contributed by atoms with Gasteiger partial charge in [0.25, 0.3) is 0 Å². The van der Waals surface area contributed by atoms with Gasteiger partial charge in [-0.05, 0) is 36.5 Å². The second-order valence-corrected chi connectivity index (χ2v) is 8.43. The number of carboxylic acid groups (broad SMARTS) is 1. The molecule has 184 valence electrons. The third-order valence-electron chi connectivity index (χ3n) is 4.12. The fourth-order valence-electron chi connectivity index (χ4n) is 2.64. The van der Waals surface area contributed by atoms with E-state index < -0.39 is 30.4 Å². The van der Waals surface area contributed by atoms with E-state index in [2.05, 4.69) is 14.8 Å². The number of carbonyl (C=O) groups excluding carboxylic acids is 3. The second-order valence-electron chi connectivity index (χ2n) is 8.43. The van der Waals surface area contributed by atoms with Crippen LogP contribution in [0.3, 0.4) is 0 Å². The Bertz CT molecular complexity index is 846. The van der Waals surface area contributed by atoms with Crippen LogP contribution >= 0.6 is 0 Å². The summed E-state index contributed by atoms with van der Waals surface area (Å²) in [6.45, 7) is 7.52. The number of carbonyl (C=O) groups is 4. The van der Waals surface area contributed by atoms with Gasteiger partial charge in [-0.25, -0.2) is 9.59 Å². The number of benzene rings is 1. The van der Waals surface area contributed by atoms with E-state index in [1.807, 2.05) is 20.8 Å². The maximum absolute atomic E-state index is 12.0. The number of carboxylic acids is 1. The Labute approximate surface area is 192 Å². The molecule has 0 bridgehead atoms. The minimum absolute atomic E-state index is 0.00592. The Balaban J connectivity index is 2.88. The van der Waals surface area contributed by atoms with Crippen molar-refractivity contribution in [3.05, 3.63) is 23.8 Å². The zero-order valence-electron chi connectivity index (χ0n) is 19.6. The molecule has 0 heterocycles. The van der Waals surface area contributed by atoms with Gasteiger partial charge in [-0.2, -0.15) is 0 Å². The van der Waals surface area contributed by atoms with Crippen molar-refractivity contribution < 1.29 is 48.0 Å². The lowest BCUT2D eigenvalue weighted by Crippen LogP contribution is -2.42. The van der Waals surface area contributed by atoms with Crippen LogP contribution in [0.15, 0.2) is 18.2 Å². The van der Waals surface area contributed by atoms with E-state index in [0.29, 0.717) is 5.56 Å². The molecule has 1 aromatic carbocycles. The van der Waals surface area contributed by atoms with Crippen LogP contribution in [0.2, 0.25) is 0 Å². The molecule has 11 nitrogen and oxygen atoms in total. The number of aliphatic carboxylic acids is 1. The van der Waals surface area contributed by atoms with Gasteiger partial charge in [0.2, 0.25) is 0 Å². The zero-order chi connectivity index (χ0) is 25.2. The van der Waals surface area contributed by atoms with Gasteiger partial charge in [-0.15, -0.1) is 0 Å². The first-order valence-corrected chi connectivity index (χ1v) is 10.1. The van der Waals surface area contributed by atoms with Crippen molar-refractivity contribution in [3.63, 3.8) is 0 Å². The lowest BCUT2D eigenvalue weighted by atomic mass is 9.92. The molecular weight excluding hydrogens is 438 g/mol. The Morgan fingerprint density at radius 2 is 1.58 bits per heavy atom. The summed E-state index contributed by atoms with van der Waals surface area (Å²) in [5.74, 6) is -1.77. The fraction of sp³-hybridized carbons (Fsp3) is 0.545. The Morgan fingerprint density at radius 1 is 1.00 bits per heavy atom. The first kappa shape index (κ1) is 27.7. The molecule has 0 aliphatic rings. The molecule has 0 saturated carbocycles. The number of hydrogen-bond donors (Lipinski definition) is 2. The topological polar surface area (TPSA) is 147 Å². The van der Waals surface area contributed by atoms with Crippen molar-refractivity contribution in [2.75, 3.05) is 20.8 Å². The van der Waals surface area contributed by atoms with Crippen LogP contribution in [-0.4, -0.2) is 62.3 Å². The summed E-state index contributed by atoms with van der Waals surface area (Å²) in [6.07, 6.45) is -2.40. The summed E-state index contributed by atoms with van der Waals surface area (Å²) < 4.78 is 24.1. The van der Waals surface area contributed by atoms with Gasteiger partial charge >= 0.3 is 24.2 Å². The maximum Gasteiger partial charge on any atom is 0.513 e. The lowest BCUT2D eigenvalue weighted by molar-refractivity contribution is -0.150. The van der Waals surface area contributed by atoms with Gasteiger partial charge in [0, 0.05) is 6.54 Å². The number of hydrogen-bond acceptors (Lipinski definition) is 10. The Morgan fingerprint density at radius 3 is 2.09 bits per heavy atom. The highest BCUT2D eigenvalue weighted by Gasteiger charge is 2.23. The SMILES string of the molecule is COC(=O)Oc1ccc(C[C@H](NCC(C)OC(=O)CC(C)(C)C)C(=O)O)cc1OC(=O)OC. The Kier molecular flexibility index (Phi) is 10.6. The average Bonchev–Trinajstić information content (AvgIpc) is 2.70. The molecule has 0 aliphatic carbocycles. The molecule has 2 N–H and O–H groups in total. The number of esters is 1. The van der Waals surface area contributed by atoms with E-state index >= 15 is 0 Å². The van der Waals surface area contributed by atoms with Crippen molar-refractivity contribution in [1.29, 1.82) is 0 Å². The van der Waals surface area contributed by atoms with Crippen LogP contribution in [0.4, 0.5) is 9.59 Å². The molecule has 1 aromatic rings. The summed E-state index contributed by atoms with van der Waals surface area (Å²) in [5, 5.41) is 12.4. The zero-order valence-corrected chi connectivity index (χ0v) is 19.6. The summed E-state index contributed by atoms with van der Waals surface area (Å²) in [6, 6.07) is 3.15. The molecule has 1 unspecified atom stereocenters. The van der Waals surface area contributed by atoms with E-state index in [0.717, 1.165) is 14.2 Å². The van der Waals surface area contributed by atoms with Gasteiger partial charge in [0.1, 0.15) is 12.1 Å². The number of methoxy groups -OCH3 is 2. The van der Waals surface area contributed by atoms with Crippen molar-refractivity contribution >= 4 is 24.2 Å². The molecular formula is C22H31NO10. The molecule has 0 amide bonds. The molecule has 0 fully saturated rings. The first-order valence-electron chi connectivity index (χ1n) is 10.1. The fourth-order valence-corrected chi connectivity index (χ4v) is 2.64. The Hall–Kier alpha value is -3.34. The van der Waals surface area contributed by atoms with E-state index in [1.54, 1.807) is 6.92 Å². The van der Waals surface area contributed by atoms with Crippen LogP contribution in [0.25, 0.3) is 0 Å². The van der Waals surface area contributed by atoms with Crippen LogP contribution in [0.5, 0.6) is 11.5 Å². The largest absolute Gasteiger partial charge is 0.513 e. The van der Waals surface area contributed by atoms with E-state index in [9.17, 15) is 24.3 Å². The van der Waals surface area contributed by atoms with Crippen molar-refractivity contribution in [2.24, 2.45) is 5.41 Å². The summed E-state index contributed by atoms with van der Waals surface area (Å²) in [7, 11) is 2.22. The molecule has 1 rings (SSSR count). The minimum atomic E-state index is -1.13. The van der Waals surface area contributed by atoms with Gasteiger partial charge < -0.3 is 34.1 Å². The first-order chi connectivity index (χ1) is 15.3. The third kappa shape index (κ3) is 10.7. The highest BCUT2D eigenvalue weighted by molar-refractivity contribution is 5.74. The van der Waals surface area contributed by atoms with E-state index in [1.165, 1.54) is 18.2 Å². The molecule has 0 aromatic heterocycles. The van der Waals surface area contributed by atoms with Gasteiger partial charge in [0.15, 0.2) is 11.5 Å². The van der Waals surface area contributed by atoms with Crippen molar-refractivity contribution in [2.45, 2.75) is 52.7 Å². The quantitative estimate of drug-likeness (QED) is 0.296. The monoisotopic (exact) mass is 469 g/mol. The molecule has 0 spiro atoms. The normalized spacial score (nSPS) is 12.8. The van der Waals surface area contributed by atoms with Crippen molar-refractivity contribution in [3.8, 4) is 11.5 Å². The van der Waals surface area contributed by atoms with Crippen LogP contribution < -0.4 is 14.8 Å². The second kappa shape index (κ2) is 12.6. The summed E-state index contributed by atoms with van der Waals surface area (Å²) >= 11 is 0. The molecule has 33 heavy (non-hydrogen) atoms. The highest BCUT2D eigenvalue weighted by Crippen LogP contribution is 2.30. The van der Waals surface area contributed by atoms with Crippen LogP contribution in [0, 0.1) is 5.41 Å². The predicted molar refractivity (Wildman–Crippen MR) is 115 cm³/mol. The van der Waals surface area contributed by atoms with E-state index in [-0.39, 0.29) is 42.3 Å². The number of ether oxygens (including phenoxy) is 5. The number of nitrogens with one attached hydrogen (secondary N) is 1. The smallest absolute Gasteiger partial charge is 0.480 e. The third-order valence-corrected chi connectivity index (χ3v) is 4.12. The minimum Gasteiger partial charge on any atom is -0.480 e. The molecule has 0 aliphatic heterocycles. The van der Waals surface area contributed by atoms with Gasteiger partial charge in [-0.3, -0.25) is 9.59 Å². The summed E-state index contributed by atoms with van der Waals surface area (Å²) in [4.78, 5) is 46.6. The standard InChI is InChI=1S/C22H31NO10/c1-13(31-18(24)11-22(2,3)4)12-23-15(19(25)26)9-14-7-8-16(32-20(27)29-5)17(10-14)33-21(28)30-6/h7-8,10,13,15,23H,9,11-12H2,1-6H3,(H,25,26)/t13?,15-/m0/s1. The van der Waals surface area contributed by atoms with Crippen LogP contribution in [0.1, 0.15) is 39.7 Å². The highest BCUT2D eigenvalue weighted by atomic mass is 16.7. The maximum atomic E-state index is 12.0. The molecule has 2 atom stereocenters. The predicted octanol–water partition coefficient (Wildman–Crippen LogP) is 2.93. The van der Waals surface area contributed by atoms with Crippen LogP contribution in [-0.2, 0) is 30.2 Å². The van der Waals surface area contributed by atoms with Gasteiger partial charge in [-0.1, -0.05) is 26.8 Å². The van der Waals surface area contributed by atoms with E-state index in [4.69, 9.17) is 14.2 Å². The number of rotatable bonds is 10. The average molecular weight is 469 g/mol. The molecule has 0 radical (unpaired) electrons. The van der Waals surface area contributed by atoms with Gasteiger partial charge in [0.05, 0.1) is 20.6 Å². The molecule has 0 saturated heterocycles. The summed E-state index contributed by atoms with van der Waals surface area (Å²) in [5.41, 5.74) is 0.241. The van der Waals surface area contributed by atoms with Crippen molar-refractivity contribution in [1.82, 2.24) is 5.32 Å². The lowest BCUT2D eigenvalue weighted by Gasteiger charge is -2.21. The molecule has 11 heteroatoms.